The summed E-state index contributed by atoms with van der Waals surface area (Å²) in [6.07, 6.45) is 1.33. The number of halogens is 3. The van der Waals surface area contributed by atoms with Gasteiger partial charge >= 0.3 is 0 Å². The van der Waals surface area contributed by atoms with E-state index in [0.717, 1.165) is 24.8 Å². The third kappa shape index (κ3) is 5.25. The fourth-order valence-electron chi connectivity index (χ4n) is 3.81. The molecule has 4 rings (SSSR count). The summed E-state index contributed by atoms with van der Waals surface area (Å²) in [5, 5.41) is 6.10. The highest BCUT2D eigenvalue weighted by Gasteiger charge is 2.27. The molecule has 0 spiro atoms. The number of hydrogen-bond acceptors (Lipinski definition) is 5. The van der Waals surface area contributed by atoms with Gasteiger partial charge in [0.05, 0.1) is 11.3 Å². The Morgan fingerprint density at radius 2 is 1.91 bits per heavy atom. The van der Waals surface area contributed by atoms with Crippen LogP contribution in [0.3, 0.4) is 0 Å². The SMILES string of the molecule is NC(=O)c1cnc(Nc2ccc(C3CN(CCF)C3)cc2)cc1NCc1cccc(F)c1F. The van der Waals surface area contributed by atoms with Crippen molar-refractivity contribution in [3.8, 4) is 0 Å². The van der Waals surface area contributed by atoms with E-state index in [4.69, 9.17) is 5.73 Å². The first-order valence-electron chi connectivity index (χ1n) is 10.6. The van der Waals surface area contributed by atoms with Crippen LogP contribution >= 0.6 is 0 Å². The van der Waals surface area contributed by atoms with Gasteiger partial charge in [0.1, 0.15) is 12.5 Å². The number of nitrogens with two attached hydrogens (primary N) is 1. The zero-order valence-electron chi connectivity index (χ0n) is 17.8. The minimum Gasteiger partial charge on any atom is -0.380 e. The average molecular weight is 455 g/mol. The lowest BCUT2D eigenvalue weighted by atomic mass is 9.91. The van der Waals surface area contributed by atoms with Gasteiger partial charge in [-0.05, 0) is 23.8 Å². The number of amides is 1. The maximum absolute atomic E-state index is 14.0. The molecule has 6 nitrogen and oxygen atoms in total. The number of hydrogen-bond donors (Lipinski definition) is 3. The Bertz CT molecular complexity index is 1130. The first-order valence-corrected chi connectivity index (χ1v) is 10.6. The predicted octanol–water partition coefficient (Wildman–Crippen LogP) is 4.18. The summed E-state index contributed by atoms with van der Waals surface area (Å²) in [5.41, 5.74) is 8.02. The Labute approximate surface area is 189 Å². The number of primary amides is 1. The Hall–Kier alpha value is -3.59. The highest BCUT2D eigenvalue weighted by Crippen LogP contribution is 2.29. The smallest absolute Gasteiger partial charge is 0.252 e. The van der Waals surface area contributed by atoms with Gasteiger partial charge in [0, 0.05) is 55.6 Å². The van der Waals surface area contributed by atoms with E-state index in [0.29, 0.717) is 24.0 Å². The largest absolute Gasteiger partial charge is 0.380 e. The molecule has 0 unspecified atom stereocenters. The number of likely N-dealkylation sites (tertiary alicyclic amines) is 1. The summed E-state index contributed by atoms with van der Waals surface area (Å²) < 4.78 is 39.8. The lowest BCUT2D eigenvalue weighted by Gasteiger charge is -2.39. The number of benzene rings is 2. The molecule has 0 radical (unpaired) electrons. The summed E-state index contributed by atoms with van der Waals surface area (Å²) in [5.74, 6) is -1.73. The van der Waals surface area contributed by atoms with E-state index in [2.05, 4.69) is 20.5 Å². The Kier molecular flexibility index (Phi) is 6.79. The van der Waals surface area contributed by atoms with Gasteiger partial charge in [-0.3, -0.25) is 9.69 Å². The molecule has 1 saturated heterocycles. The third-order valence-corrected chi connectivity index (χ3v) is 5.68. The number of carbonyl (C=O) groups is 1. The second-order valence-corrected chi connectivity index (χ2v) is 7.94. The molecule has 0 aliphatic carbocycles. The second kappa shape index (κ2) is 9.91. The summed E-state index contributed by atoms with van der Waals surface area (Å²) in [7, 11) is 0. The van der Waals surface area contributed by atoms with Gasteiger partial charge < -0.3 is 16.4 Å². The van der Waals surface area contributed by atoms with Crippen molar-refractivity contribution in [2.45, 2.75) is 12.5 Å². The van der Waals surface area contributed by atoms with Crippen molar-refractivity contribution in [2.24, 2.45) is 5.73 Å². The molecule has 0 atom stereocenters. The summed E-state index contributed by atoms with van der Waals surface area (Å²) in [6.45, 7) is 1.82. The van der Waals surface area contributed by atoms with Crippen molar-refractivity contribution in [2.75, 3.05) is 36.9 Å². The standard InChI is InChI=1S/C24H24F3N5O/c25-8-9-32-13-17(14-32)15-4-6-18(7-5-15)31-22-10-21(19(12-30-22)24(28)33)29-11-16-2-1-3-20(26)23(16)27/h1-7,10,12,17H,8-9,11,13-14H2,(H2,28,33)(H2,29,30,31). The number of nitrogens with one attached hydrogen (secondary N) is 2. The van der Waals surface area contributed by atoms with Gasteiger partial charge in [-0.25, -0.2) is 18.2 Å². The number of carbonyl (C=O) groups excluding carboxylic acids is 1. The normalized spacial score (nSPS) is 14.0. The highest BCUT2D eigenvalue weighted by atomic mass is 19.2. The van der Waals surface area contributed by atoms with Crippen LogP contribution in [0, 0.1) is 11.6 Å². The minimum absolute atomic E-state index is 0.0389. The predicted molar refractivity (Wildman–Crippen MR) is 121 cm³/mol. The van der Waals surface area contributed by atoms with Crippen molar-refractivity contribution < 1.29 is 18.0 Å². The number of alkyl halides is 1. The van der Waals surface area contributed by atoms with E-state index < -0.39 is 17.5 Å². The van der Waals surface area contributed by atoms with Crippen LogP contribution in [0.1, 0.15) is 27.4 Å². The van der Waals surface area contributed by atoms with Crippen LogP contribution in [0.15, 0.2) is 54.7 Å². The van der Waals surface area contributed by atoms with Crippen LogP contribution in [-0.2, 0) is 6.54 Å². The number of anilines is 3. The van der Waals surface area contributed by atoms with E-state index in [1.165, 1.54) is 23.9 Å². The van der Waals surface area contributed by atoms with Gasteiger partial charge in [-0.2, -0.15) is 0 Å². The fraction of sp³-hybridized carbons (Fsp3) is 0.250. The Morgan fingerprint density at radius 1 is 1.15 bits per heavy atom. The van der Waals surface area contributed by atoms with Crippen LogP contribution < -0.4 is 16.4 Å². The summed E-state index contributed by atoms with van der Waals surface area (Å²) in [4.78, 5) is 18.1. The molecule has 33 heavy (non-hydrogen) atoms. The van der Waals surface area contributed by atoms with Crippen LogP contribution in [0.2, 0.25) is 0 Å². The van der Waals surface area contributed by atoms with Gasteiger partial charge in [-0.1, -0.05) is 24.3 Å². The number of rotatable bonds is 9. The third-order valence-electron chi connectivity index (χ3n) is 5.68. The molecule has 3 aromatic rings. The lowest BCUT2D eigenvalue weighted by molar-refractivity contribution is 0.100. The molecule has 1 aliphatic rings. The first-order chi connectivity index (χ1) is 15.9. The van der Waals surface area contributed by atoms with Crippen molar-refractivity contribution in [1.29, 1.82) is 0 Å². The van der Waals surface area contributed by atoms with Crippen LogP contribution in [0.4, 0.5) is 30.4 Å². The number of pyridine rings is 1. The van der Waals surface area contributed by atoms with E-state index in [1.807, 2.05) is 24.3 Å². The molecule has 1 aliphatic heterocycles. The lowest BCUT2D eigenvalue weighted by Crippen LogP contribution is -2.45. The van der Waals surface area contributed by atoms with Crippen LogP contribution in [0.5, 0.6) is 0 Å². The molecule has 9 heteroatoms. The molecule has 1 aromatic heterocycles. The maximum Gasteiger partial charge on any atom is 0.252 e. The van der Waals surface area contributed by atoms with Gasteiger partial charge in [0.15, 0.2) is 11.6 Å². The van der Waals surface area contributed by atoms with Crippen molar-refractivity contribution in [1.82, 2.24) is 9.88 Å². The Morgan fingerprint density at radius 3 is 2.61 bits per heavy atom. The monoisotopic (exact) mass is 455 g/mol. The quantitative estimate of drug-likeness (QED) is 0.451. The molecule has 0 bridgehead atoms. The molecular weight excluding hydrogens is 431 g/mol. The number of aromatic nitrogens is 1. The maximum atomic E-state index is 14.0. The molecule has 1 amide bonds. The molecule has 2 heterocycles. The van der Waals surface area contributed by atoms with Gasteiger partial charge in [0.2, 0.25) is 0 Å². The van der Waals surface area contributed by atoms with Crippen molar-refractivity contribution >= 4 is 23.1 Å². The van der Waals surface area contributed by atoms with Crippen LogP contribution in [0.25, 0.3) is 0 Å². The molecule has 172 valence electrons. The molecule has 4 N–H and O–H groups in total. The van der Waals surface area contributed by atoms with Crippen molar-refractivity contribution in [3.63, 3.8) is 0 Å². The second-order valence-electron chi connectivity index (χ2n) is 7.94. The topological polar surface area (TPSA) is 83.3 Å². The van der Waals surface area contributed by atoms with E-state index >= 15 is 0 Å². The van der Waals surface area contributed by atoms with Crippen molar-refractivity contribution in [3.05, 3.63) is 83.1 Å². The summed E-state index contributed by atoms with van der Waals surface area (Å²) in [6, 6.07) is 13.4. The molecule has 0 saturated carbocycles. The molecule has 2 aromatic carbocycles. The van der Waals surface area contributed by atoms with E-state index in [9.17, 15) is 18.0 Å². The Balaban J connectivity index is 1.45. The van der Waals surface area contributed by atoms with E-state index in [-0.39, 0.29) is 24.3 Å². The zero-order valence-corrected chi connectivity index (χ0v) is 17.8. The molecule has 1 fully saturated rings. The van der Waals surface area contributed by atoms with E-state index in [1.54, 1.807) is 6.07 Å². The minimum atomic E-state index is -0.947. The summed E-state index contributed by atoms with van der Waals surface area (Å²) >= 11 is 0. The zero-order chi connectivity index (χ0) is 23.4. The first kappa shape index (κ1) is 22.6. The average Bonchev–Trinajstić information content (AvgIpc) is 2.77. The highest BCUT2D eigenvalue weighted by molar-refractivity contribution is 5.98. The van der Waals surface area contributed by atoms with Gasteiger partial charge in [-0.15, -0.1) is 0 Å². The van der Waals surface area contributed by atoms with Gasteiger partial charge in [0.25, 0.3) is 5.91 Å². The molecular formula is C24H24F3N5O. The van der Waals surface area contributed by atoms with Crippen LogP contribution in [-0.4, -0.2) is 42.1 Å². The number of nitrogens with zero attached hydrogens (tertiary/aromatic N) is 2. The fourth-order valence-corrected chi connectivity index (χ4v) is 3.81.